The van der Waals surface area contributed by atoms with Crippen LogP contribution in [0.25, 0.3) is 5.76 Å². The molecule has 1 amide bonds. The lowest BCUT2D eigenvalue weighted by Gasteiger charge is -2.25. The van der Waals surface area contributed by atoms with Crippen molar-refractivity contribution >= 4 is 17.4 Å². The highest BCUT2D eigenvalue weighted by atomic mass is 16.5. The van der Waals surface area contributed by atoms with Crippen molar-refractivity contribution in [3.63, 3.8) is 0 Å². The average molecular weight is 411 g/mol. The summed E-state index contributed by atoms with van der Waals surface area (Å²) in [6, 6.07) is 12.1. The number of aromatic hydroxyl groups is 1. The number of likely N-dealkylation sites (tertiary alicyclic amines) is 1. The molecule has 0 saturated carbocycles. The number of hydrogen-bond donors (Lipinski definition) is 2. The molecule has 30 heavy (non-hydrogen) atoms. The first-order chi connectivity index (χ1) is 14.3. The molecule has 0 aliphatic carbocycles. The van der Waals surface area contributed by atoms with Crippen LogP contribution in [-0.2, 0) is 14.3 Å². The topological polar surface area (TPSA) is 96.3 Å². The zero-order valence-electron chi connectivity index (χ0n) is 17.2. The Kier molecular flexibility index (Phi) is 6.42. The highest BCUT2D eigenvalue weighted by Crippen LogP contribution is 2.40. The third-order valence-electron chi connectivity index (χ3n) is 4.85. The van der Waals surface area contributed by atoms with Crippen LogP contribution in [0, 0.1) is 0 Å². The Labute approximate surface area is 175 Å². The van der Waals surface area contributed by atoms with E-state index in [-0.39, 0.29) is 36.3 Å². The van der Waals surface area contributed by atoms with E-state index in [1.54, 1.807) is 36.4 Å². The van der Waals surface area contributed by atoms with E-state index in [4.69, 9.17) is 9.47 Å². The highest BCUT2D eigenvalue weighted by Gasteiger charge is 2.46. The van der Waals surface area contributed by atoms with E-state index in [1.807, 2.05) is 13.8 Å². The van der Waals surface area contributed by atoms with Crippen LogP contribution in [0.1, 0.15) is 31.0 Å². The molecule has 2 aromatic rings. The van der Waals surface area contributed by atoms with Crippen LogP contribution in [0.15, 0.2) is 54.1 Å². The molecule has 1 aliphatic heterocycles. The zero-order chi connectivity index (χ0) is 21.8. The Hall–Kier alpha value is -3.32. The molecule has 2 aromatic carbocycles. The molecule has 1 aliphatic rings. The number of rotatable bonds is 7. The summed E-state index contributed by atoms with van der Waals surface area (Å²) in [5.74, 6) is -1.30. The first-order valence-corrected chi connectivity index (χ1v) is 9.67. The van der Waals surface area contributed by atoms with Gasteiger partial charge in [0.25, 0.3) is 11.7 Å². The van der Waals surface area contributed by atoms with Gasteiger partial charge in [-0.3, -0.25) is 9.59 Å². The van der Waals surface area contributed by atoms with Crippen molar-refractivity contribution in [2.45, 2.75) is 26.0 Å². The van der Waals surface area contributed by atoms with Crippen LogP contribution in [0.4, 0.5) is 0 Å². The van der Waals surface area contributed by atoms with Gasteiger partial charge in [0.05, 0.1) is 31.4 Å². The molecule has 0 aromatic heterocycles. The molecule has 2 N–H and O–H groups in total. The van der Waals surface area contributed by atoms with E-state index < -0.39 is 17.7 Å². The minimum atomic E-state index is -0.848. The summed E-state index contributed by atoms with van der Waals surface area (Å²) in [6.07, 6.45) is -0.0298. The van der Waals surface area contributed by atoms with Crippen LogP contribution < -0.4 is 4.74 Å². The van der Waals surface area contributed by atoms with Gasteiger partial charge in [-0.05, 0) is 43.7 Å². The smallest absolute Gasteiger partial charge is 0.295 e. The van der Waals surface area contributed by atoms with E-state index in [1.165, 1.54) is 24.1 Å². The molecule has 3 rings (SSSR count). The van der Waals surface area contributed by atoms with E-state index in [2.05, 4.69) is 0 Å². The monoisotopic (exact) mass is 411 g/mol. The first kappa shape index (κ1) is 21.4. The summed E-state index contributed by atoms with van der Waals surface area (Å²) < 4.78 is 10.8. The van der Waals surface area contributed by atoms with Gasteiger partial charge in [-0.1, -0.05) is 24.3 Å². The number of amides is 1. The number of carbonyl (C=O) groups excluding carboxylic acids is 2. The number of hydrogen-bond acceptors (Lipinski definition) is 6. The zero-order valence-corrected chi connectivity index (χ0v) is 17.2. The maximum atomic E-state index is 12.9. The number of phenols is 1. The van der Waals surface area contributed by atoms with Gasteiger partial charge in [-0.25, -0.2) is 0 Å². The van der Waals surface area contributed by atoms with Crippen molar-refractivity contribution in [2.24, 2.45) is 0 Å². The minimum Gasteiger partial charge on any atom is -0.508 e. The van der Waals surface area contributed by atoms with Crippen LogP contribution in [0.5, 0.6) is 11.5 Å². The lowest BCUT2D eigenvalue weighted by Crippen LogP contribution is -2.33. The normalized spacial score (nSPS) is 18.3. The number of aliphatic hydroxyl groups is 1. The number of methoxy groups -OCH3 is 1. The van der Waals surface area contributed by atoms with Gasteiger partial charge in [-0.15, -0.1) is 0 Å². The molecule has 0 spiro atoms. The molecular weight excluding hydrogens is 386 g/mol. The Morgan fingerprint density at radius 1 is 1.13 bits per heavy atom. The molecule has 1 saturated heterocycles. The molecule has 0 radical (unpaired) electrons. The largest absolute Gasteiger partial charge is 0.508 e. The fourth-order valence-electron chi connectivity index (χ4n) is 3.46. The molecule has 158 valence electrons. The van der Waals surface area contributed by atoms with Crippen molar-refractivity contribution in [3.05, 3.63) is 65.2 Å². The van der Waals surface area contributed by atoms with Crippen molar-refractivity contribution in [2.75, 3.05) is 20.3 Å². The van der Waals surface area contributed by atoms with Gasteiger partial charge < -0.3 is 24.6 Å². The Balaban J connectivity index is 2.11. The predicted molar refractivity (Wildman–Crippen MR) is 111 cm³/mol. The molecular formula is C23H25NO6. The molecule has 1 fully saturated rings. The summed E-state index contributed by atoms with van der Waals surface area (Å²) in [4.78, 5) is 27.1. The van der Waals surface area contributed by atoms with Gasteiger partial charge in [0, 0.05) is 12.1 Å². The van der Waals surface area contributed by atoms with E-state index in [0.29, 0.717) is 16.9 Å². The van der Waals surface area contributed by atoms with Crippen molar-refractivity contribution in [1.29, 1.82) is 0 Å². The van der Waals surface area contributed by atoms with Gasteiger partial charge in [0.2, 0.25) is 0 Å². The van der Waals surface area contributed by atoms with E-state index in [0.717, 1.165) is 0 Å². The SMILES string of the molecule is COc1cccc(/C(O)=C2/C(=O)C(=O)N(CCOC(C)C)C2c2cccc(O)c2)c1. The quantitative estimate of drug-likeness (QED) is 0.413. The third-order valence-corrected chi connectivity index (χ3v) is 4.85. The van der Waals surface area contributed by atoms with Gasteiger partial charge >= 0.3 is 0 Å². The van der Waals surface area contributed by atoms with Crippen LogP contribution in [0.2, 0.25) is 0 Å². The number of aliphatic hydroxyl groups excluding tert-OH is 1. The summed E-state index contributed by atoms with van der Waals surface area (Å²) >= 11 is 0. The number of phenolic OH excluding ortho intramolecular Hbond substituents is 1. The first-order valence-electron chi connectivity index (χ1n) is 9.67. The van der Waals surface area contributed by atoms with Crippen LogP contribution in [0.3, 0.4) is 0 Å². The lowest BCUT2D eigenvalue weighted by atomic mass is 9.95. The fraction of sp³-hybridized carbons (Fsp3) is 0.304. The second kappa shape index (κ2) is 9.00. The Bertz CT molecular complexity index is 981. The Morgan fingerprint density at radius 3 is 2.53 bits per heavy atom. The van der Waals surface area contributed by atoms with Gasteiger partial charge in [0.15, 0.2) is 0 Å². The Morgan fingerprint density at radius 2 is 1.87 bits per heavy atom. The van der Waals surface area contributed by atoms with E-state index >= 15 is 0 Å². The van der Waals surface area contributed by atoms with Crippen molar-refractivity contribution in [3.8, 4) is 11.5 Å². The number of ether oxygens (including phenoxy) is 2. The summed E-state index contributed by atoms with van der Waals surface area (Å²) in [5, 5.41) is 20.9. The third kappa shape index (κ3) is 4.31. The van der Waals surface area contributed by atoms with Gasteiger partial charge in [0.1, 0.15) is 17.3 Å². The van der Waals surface area contributed by atoms with E-state index in [9.17, 15) is 19.8 Å². The summed E-state index contributed by atoms with van der Waals surface area (Å²) in [5.41, 5.74) is 0.836. The van der Waals surface area contributed by atoms with Crippen LogP contribution in [-0.4, -0.2) is 53.2 Å². The maximum absolute atomic E-state index is 12.9. The summed E-state index contributed by atoms with van der Waals surface area (Å²) in [7, 11) is 1.50. The lowest BCUT2D eigenvalue weighted by molar-refractivity contribution is -0.140. The molecule has 1 unspecified atom stereocenters. The molecule has 0 bridgehead atoms. The highest BCUT2D eigenvalue weighted by molar-refractivity contribution is 6.46. The van der Waals surface area contributed by atoms with Crippen LogP contribution >= 0.6 is 0 Å². The minimum absolute atomic E-state index is 0.00195. The second-order valence-corrected chi connectivity index (χ2v) is 7.24. The molecule has 7 nitrogen and oxygen atoms in total. The fourth-order valence-corrected chi connectivity index (χ4v) is 3.46. The van der Waals surface area contributed by atoms with Crippen molar-refractivity contribution < 1.29 is 29.3 Å². The number of Topliss-reactive ketones (excluding diaryl/α,β-unsaturated/α-hetero) is 1. The van der Waals surface area contributed by atoms with Gasteiger partial charge in [-0.2, -0.15) is 0 Å². The number of benzene rings is 2. The standard InChI is InChI=1S/C23H25NO6/c1-14(2)30-11-10-24-20(15-6-4-8-17(25)12-15)19(22(27)23(24)28)21(26)16-7-5-9-18(13-16)29-3/h4-9,12-14,20,25-26H,10-11H2,1-3H3/b21-19-. The average Bonchev–Trinajstić information content (AvgIpc) is 2.98. The predicted octanol–water partition coefficient (Wildman–Crippen LogP) is 3.25. The number of carbonyl (C=O) groups is 2. The van der Waals surface area contributed by atoms with Crippen molar-refractivity contribution in [1.82, 2.24) is 4.90 Å². The maximum Gasteiger partial charge on any atom is 0.295 e. The second-order valence-electron chi connectivity index (χ2n) is 7.24. The molecule has 1 heterocycles. The number of nitrogens with zero attached hydrogens (tertiary/aromatic N) is 1. The molecule has 1 atom stereocenters. The molecule has 7 heteroatoms. The summed E-state index contributed by atoms with van der Waals surface area (Å²) in [6.45, 7) is 4.16. The number of ketones is 1.